The number of urea groups is 1. The lowest BCUT2D eigenvalue weighted by molar-refractivity contribution is -0.140. The fourth-order valence-electron chi connectivity index (χ4n) is 3.85. The zero-order valence-corrected chi connectivity index (χ0v) is 18.7. The number of hydrogen-bond donors (Lipinski definition) is 2. The van der Waals surface area contributed by atoms with Gasteiger partial charge in [-0.1, -0.05) is 54.6 Å². The molecule has 2 N–H and O–H groups in total. The van der Waals surface area contributed by atoms with E-state index >= 15 is 0 Å². The maximum atomic E-state index is 14.0. The van der Waals surface area contributed by atoms with Crippen LogP contribution in [0.3, 0.4) is 0 Å². The Hall–Kier alpha value is -4.13. The molecule has 0 aliphatic carbocycles. The van der Waals surface area contributed by atoms with Crippen LogP contribution in [0.25, 0.3) is 0 Å². The molecular weight excluding hydrogens is 435 g/mol. The van der Waals surface area contributed by atoms with Crippen LogP contribution in [-0.2, 0) is 22.6 Å². The number of methoxy groups -OCH3 is 1. The summed E-state index contributed by atoms with van der Waals surface area (Å²) in [5.74, 6) is -0.285. The third-order valence-electron chi connectivity index (χ3n) is 5.59. The van der Waals surface area contributed by atoms with Gasteiger partial charge in [-0.05, 0) is 53.8 Å². The van der Waals surface area contributed by atoms with Crippen LogP contribution < -0.4 is 15.4 Å². The minimum Gasteiger partial charge on any atom is -0.497 e. The number of amides is 2. The van der Waals surface area contributed by atoms with E-state index in [9.17, 15) is 14.0 Å². The van der Waals surface area contributed by atoms with Gasteiger partial charge in [-0.15, -0.1) is 0 Å². The fourth-order valence-corrected chi connectivity index (χ4v) is 3.85. The standard InChI is InChI=1S/C27H25FN2O4/c1-33-22-13-10-18(11-14-22)12-15-23-24(26(31)34-17-19-6-3-2-4-7-19)25(30-27(32)29-23)20-8-5-9-21(28)16-20/h2-11,13-14,16,25H,12,15,17H2,1H3,(H2,29,30,32). The summed E-state index contributed by atoms with van der Waals surface area (Å²) in [4.78, 5) is 25.7. The molecule has 174 valence electrons. The highest BCUT2D eigenvalue weighted by atomic mass is 19.1. The predicted octanol–water partition coefficient (Wildman–Crippen LogP) is 4.82. The topological polar surface area (TPSA) is 76.7 Å². The van der Waals surface area contributed by atoms with Crippen molar-refractivity contribution in [1.82, 2.24) is 10.6 Å². The number of nitrogens with one attached hydrogen (secondary N) is 2. The van der Waals surface area contributed by atoms with E-state index in [1.807, 2.05) is 54.6 Å². The van der Waals surface area contributed by atoms with E-state index in [0.29, 0.717) is 24.1 Å². The zero-order chi connectivity index (χ0) is 23.9. The molecule has 0 fully saturated rings. The third kappa shape index (κ3) is 5.61. The predicted molar refractivity (Wildman–Crippen MR) is 125 cm³/mol. The van der Waals surface area contributed by atoms with Gasteiger partial charge in [0.05, 0.1) is 18.7 Å². The van der Waals surface area contributed by atoms with Gasteiger partial charge < -0.3 is 20.1 Å². The summed E-state index contributed by atoms with van der Waals surface area (Å²) in [5, 5.41) is 5.50. The largest absolute Gasteiger partial charge is 0.497 e. The van der Waals surface area contributed by atoms with Gasteiger partial charge in [-0.2, -0.15) is 0 Å². The van der Waals surface area contributed by atoms with Gasteiger partial charge in [0.25, 0.3) is 0 Å². The van der Waals surface area contributed by atoms with Crippen LogP contribution in [-0.4, -0.2) is 19.1 Å². The first kappa shape index (κ1) is 23.0. The number of halogens is 1. The first-order valence-electron chi connectivity index (χ1n) is 10.9. The summed E-state index contributed by atoms with van der Waals surface area (Å²) in [6, 6.07) is 21.4. The molecule has 34 heavy (non-hydrogen) atoms. The van der Waals surface area contributed by atoms with Crippen molar-refractivity contribution in [1.29, 1.82) is 0 Å². The Morgan fingerprint density at radius 2 is 1.71 bits per heavy atom. The smallest absolute Gasteiger partial charge is 0.338 e. The SMILES string of the molecule is COc1ccc(CCC2=C(C(=O)OCc3ccccc3)C(c3cccc(F)c3)NC(=O)N2)cc1. The molecule has 0 saturated carbocycles. The Morgan fingerprint density at radius 1 is 0.941 bits per heavy atom. The summed E-state index contributed by atoms with van der Waals surface area (Å²) in [5.41, 5.74) is 3.02. The minimum absolute atomic E-state index is 0.0821. The van der Waals surface area contributed by atoms with E-state index in [0.717, 1.165) is 16.9 Å². The number of allylic oxidation sites excluding steroid dienone is 1. The highest BCUT2D eigenvalue weighted by molar-refractivity contribution is 5.95. The molecule has 1 aliphatic heterocycles. The molecule has 1 atom stereocenters. The zero-order valence-electron chi connectivity index (χ0n) is 18.7. The van der Waals surface area contributed by atoms with Gasteiger partial charge >= 0.3 is 12.0 Å². The highest BCUT2D eigenvalue weighted by Crippen LogP contribution is 2.30. The summed E-state index contributed by atoms with van der Waals surface area (Å²) in [7, 11) is 1.60. The quantitative estimate of drug-likeness (QED) is 0.473. The first-order valence-corrected chi connectivity index (χ1v) is 10.9. The van der Waals surface area contributed by atoms with Crippen molar-refractivity contribution in [3.8, 4) is 5.75 Å². The molecule has 6 nitrogen and oxygen atoms in total. The number of carbonyl (C=O) groups excluding carboxylic acids is 2. The summed E-state index contributed by atoms with van der Waals surface area (Å²) < 4.78 is 24.8. The number of carbonyl (C=O) groups is 2. The van der Waals surface area contributed by atoms with Crippen molar-refractivity contribution in [2.75, 3.05) is 7.11 Å². The molecule has 3 aromatic rings. The van der Waals surface area contributed by atoms with E-state index in [1.54, 1.807) is 19.2 Å². The monoisotopic (exact) mass is 460 g/mol. The lowest BCUT2D eigenvalue weighted by Crippen LogP contribution is -2.46. The van der Waals surface area contributed by atoms with E-state index in [-0.39, 0.29) is 12.2 Å². The third-order valence-corrected chi connectivity index (χ3v) is 5.59. The van der Waals surface area contributed by atoms with Gasteiger partial charge in [0.1, 0.15) is 18.2 Å². The van der Waals surface area contributed by atoms with E-state index in [2.05, 4.69) is 10.6 Å². The summed E-state index contributed by atoms with van der Waals surface area (Å²) in [6.07, 6.45) is 0.965. The van der Waals surface area contributed by atoms with E-state index in [4.69, 9.17) is 9.47 Å². The van der Waals surface area contributed by atoms with Crippen molar-refractivity contribution in [3.05, 3.63) is 113 Å². The lowest BCUT2D eigenvalue weighted by atomic mass is 9.93. The second kappa shape index (κ2) is 10.7. The second-order valence-electron chi connectivity index (χ2n) is 7.89. The normalized spacial score (nSPS) is 15.4. The molecule has 0 aromatic heterocycles. The number of hydrogen-bond acceptors (Lipinski definition) is 4. The Kier molecular flexibility index (Phi) is 7.22. The van der Waals surface area contributed by atoms with Crippen LogP contribution in [0.15, 0.2) is 90.1 Å². The molecule has 0 bridgehead atoms. The number of esters is 1. The molecule has 1 heterocycles. The summed E-state index contributed by atoms with van der Waals surface area (Å²) in [6.45, 7) is 0.0821. The van der Waals surface area contributed by atoms with Crippen LogP contribution in [0.5, 0.6) is 5.75 Å². The molecule has 3 aromatic carbocycles. The summed E-state index contributed by atoms with van der Waals surface area (Å²) >= 11 is 0. The number of aryl methyl sites for hydroxylation is 1. The molecule has 1 unspecified atom stereocenters. The molecule has 0 spiro atoms. The molecule has 1 aliphatic rings. The Bertz CT molecular complexity index is 1190. The van der Waals surface area contributed by atoms with Crippen molar-refractivity contribution < 1.29 is 23.5 Å². The van der Waals surface area contributed by atoms with Crippen LogP contribution in [0.2, 0.25) is 0 Å². The van der Waals surface area contributed by atoms with Gasteiger partial charge in [0, 0.05) is 5.70 Å². The number of ether oxygens (including phenoxy) is 2. The first-order chi connectivity index (χ1) is 16.5. The van der Waals surface area contributed by atoms with Crippen LogP contribution in [0.1, 0.15) is 29.2 Å². The minimum atomic E-state index is -0.835. The average molecular weight is 461 g/mol. The maximum Gasteiger partial charge on any atom is 0.338 e. The van der Waals surface area contributed by atoms with Crippen molar-refractivity contribution >= 4 is 12.0 Å². The Balaban J connectivity index is 1.64. The van der Waals surface area contributed by atoms with Gasteiger partial charge in [-0.25, -0.2) is 14.0 Å². The lowest BCUT2D eigenvalue weighted by Gasteiger charge is -2.29. The van der Waals surface area contributed by atoms with E-state index < -0.39 is 23.9 Å². The van der Waals surface area contributed by atoms with Gasteiger partial charge in [0.2, 0.25) is 0 Å². The van der Waals surface area contributed by atoms with Gasteiger partial charge in [0.15, 0.2) is 0 Å². The Morgan fingerprint density at radius 3 is 2.41 bits per heavy atom. The van der Waals surface area contributed by atoms with Crippen LogP contribution in [0.4, 0.5) is 9.18 Å². The maximum absolute atomic E-state index is 14.0. The Labute approximate surface area is 197 Å². The van der Waals surface area contributed by atoms with E-state index in [1.165, 1.54) is 12.1 Å². The van der Waals surface area contributed by atoms with Crippen molar-refractivity contribution in [3.63, 3.8) is 0 Å². The molecule has 4 rings (SSSR count). The molecule has 2 amide bonds. The van der Waals surface area contributed by atoms with Crippen LogP contribution in [0, 0.1) is 5.82 Å². The van der Waals surface area contributed by atoms with Crippen molar-refractivity contribution in [2.45, 2.75) is 25.5 Å². The number of rotatable bonds is 8. The second-order valence-corrected chi connectivity index (χ2v) is 7.89. The van der Waals surface area contributed by atoms with Crippen LogP contribution >= 0.6 is 0 Å². The number of benzene rings is 3. The van der Waals surface area contributed by atoms with Gasteiger partial charge in [-0.3, -0.25) is 0 Å². The molecule has 7 heteroatoms. The highest BCUT2D eigenvalue weighted by Gasteiger charge is 2.33. The van der Waals surface area contributed by atoms with Crippen molar-refractivity contribution in [2.24, 2.45) is 0 Å². The molecule has 0 radical (unpaired) electrons. The fraction of sp³-hybridized carbons (Fsp3) is 0.185. The molecular formula is C27H25FN2O4. The molecule has 0 saturated heterocycles. The average Bonchev–Trinajstić information content (AvgIpc) is 2.86.